The number of thiocarbonyl (C=S) groups is 1. The van der Waals surface area contributed by atoms with Crippen LogP contribution < -0.4 is 5.73 Å². The molecule has 106 valence electrons. The van der Waals surface area contributed by atoms with E-state index in [0.29, 0.717) is 43.7 Å². The molecule has 5 nitrogen and oxygen atoms in total. The molecule has 0 aliphatic rings. The van der Waals surface area contributed by atoms with E-state index in [1.165, 1.54) is 0 Å². The minimum Gasteiger partial charge on any atom is -0.393 e. The lowest BCUT2D eigenvalue weighted by Gasteiger charge is -2.16. The summed E-state index contributed by atoms with van der Waals surface area (Å²) in [7, 11) is 1.71. The second-order valence-electron chi connectivity index (χ2n) is 4.55. The number of amides is 1. The maximum absolute atomic E-state index is 11.6. The van der Waals surface area contributed by atoms with E-state index in [9.17, 15) is 4.79 Å². The van der Waals surface area contributed by atoms with Crippen molar-refractivity contribution in [1.29, 1.82) is 0 Å². The molecule has 0 aromatic rings. The van der Waals surface area contributed by atoms with Crippen LogP contribution in [-0.4, -0.2) is 55.8 Å². The van der Waals surface area contributed by atoms with Gasteiger partial charge in [0.05, 0.1) is 18.2 Å². The number of carbonyl (C=O) groups is 1. The molecular formula is C12H24N2O3S. The Morgan fingerprint density at radius 2 is 1.94 bits per heavy atom. The van der Waals surface area contributed by atoms with Crippen molar-refractivity contribution in [3.8, 4) is 0 Å². The molecule has 0 unspecified atom stereocenters. The lowest BCUT2D eigenvalue weighted by Crippen LogP contribution is -2.33. The smallest absolute Gasteiger partial charge is 0.248 e. The number of carbonyl (C=O) groups excluding carboxylic acids is 1. The SMILES string of the molecule is CC(C)COCCOCC(=O)N(C)CCC(N)=S. The minimum atomic E-state index is -0.0740. The highest BCUT2D eigenvalue weighted by Gasteiger charge is 2.08. The number of rotatable bonds is 10. The predicted octanol–water partition coefficient (Wildman–Crippen LogP) is 0.810. The van der Waals surface area contributed by atoms with E-state index >= 15 is 0 Å². The Kier molecular flexibility index (Phi) is 9.82. The van der Waals surface area contributed by atoms with Crippen LogP contribution in [0.5, 0.6) is 0 Å². The summed E-state index contributed by atoms with van der Waals surface area (Å²) in [5.41, 5.74) is 5.37. The second-order valence-corrected chi connectivity index (χ2v) is 5.08. The Balaban J connectivity index is 3.49. The van der Waals surface area contributed by atoms with E-state index in [1.807, 2.05) is 0 Å². The van der Waals surface area contributed by atoms with Crippen LogP contribution in [0.2, 0.25) is 0 Å². The summed E-state index contributed by atoms with van der Waals surface area (Å²) >= 11 is 4.75. The molecule has 0 heterocycles. The molecule has 0 atom stereocenters. The fraction of sp³-hybridized carbons (Fsp3) is 0.833. The Labute approximate surface area is 115 Å². The van der Waals surface area contributed by atoms with Crippen LogP contribution in [-0.2, 0) is 14.3 Å². The van der Waals surface area contributed by atoms with Gasteiger partial charge in [0.1, 0.15) is 6.61 Å². The number of likely N-dealkylation sites (N-methyl/N-ethyl adjacent to an activating group) is 1. The van der Waals surface area contributed by atoms with Gasteiger partial charge in [-0.3, -0.25) is 4.79 Å². The van der Waals surface area contributed by atoms with Gasteiger partial charge in [0.25, 0.3) is 0 Å². The molecule has 0 radical (unpaired) electrons. The third-order valence-corrected chi connectivity index (χ3v) is 2.37. The molecule has 0 bridgehead atoms. The fourth-order valence-corrected chi connectivity index (χ4v) is 1.20. The fourth-order valence-electron chi connectivity index (χ4n) is 1.11. The zero-order valence-electron chi connectivity index (χ0n) is 11.5. The van der Waals surface area contributed by atoms with Crippen molar-refractivity contribution < 1.29 is 14.3 Å². The lowest BCUT2D eigenvalue weighted by atomic mass is 10.2. The largest absolute Gasteiger partial charge is 0.393 e. The van der Waals surface area contributed by atoms with Crippen molar-refractivity contribution in [1.82, 2.24) is 4.90 Å². The number of nitrogens with zero attached hydrogens (tertiary/aromatic N) is 1. The molecule has 6 heteroatoms. The van der Waals surface area contributed by atoms with Crippen molar-refractivity contribution in [2.45, 2.75) is 20.3 Å². The number of ether oxygens (including phenoxy) is 2. The second kappa shape index (κ2) is 10.2. The van der Waals surface area contributed by atoms with E-state index in [0.717, 1.165) is 0 Å². The van der Waals surface area contributed by atoms with E-state index in [1.54, 1.807) is 11.9 Å². The van der Waals surface area contributed by atoms with Crippen molar-refractivity contribution in [2.75, 3.05) is 40.0 Å². The highest BCUT2D eigenvalue weighted by atomic mass is 32.1. The zero-order valence-corrected chi connectivity index (χ0v) is 12.3. The van der Waals surface area contributed by atoms with Crippen LogP contribution in [0.3, 0.4) is 0 Å². The van der Waals surface area contributed by atoms with Gasteiger partial charge < -0.3 is 20.1 Å². The van der Waals surface area contributed by atoms with Crippen LogP contribution in [0, 0.1) is 5.92 Å². The Hall–Kier alpha value is -0.720. The first-order valence-electron chi connectivity index (χ1n) is 6.11. The maximum Gasteiger partial charge on any atom is 0.248 e. The summed E-state index contributed by atoms with van der Waals surface area (Å²) in [4.78, 5) is 13.6. The summed E-state index contributed by atoms with van der Waals surface area (Å²) in [5.74, 6) is 0.438. The molecule has 0 aliphatic heterocycles. The standard InChI is InChI=1S/C12H24N2O3S/c1-10(2)8-16-6-7-17-9-12(15)14(3)5-4-11(13)18/h10H,4-9H2,1-3H3,(H2,13,18). The number of hydrogen-bond acceptors (Lipinski definition) is 4. The van der Waals surface area contributed by atoms with Gasteiger partial charge in [-0.05, 0) is 5.92 Å². The first-order valence-corrected chi connectivity index (χ1v) is 6.52. The topological polar surface area (TPSA) is 64.8 Å². The van der Waals surface area contributed by atoms with Gasteiger partial charge in [0.15, 0.2) is 0 Å². The van der Waals surface area contributed by atoms with Crippen molar-refractivity contribution in [2.24, 2.45) is 11.7 Å². The van der Waals surface area contributed by atoms with Gasteiger partial charge in [-0.25, -0.2) is 0 Å². The summed E-state index contributed by atoms with van der Waals surface area (Å²) < 4.78 is 10.6. The summed E-state index contributed by atoms with van der Waals surface area (Å²) in [5, 5.41) is 0. The molecule has 0 saturated heterocycles. The van der Waals surface area contributed by atoms with Gasteiger partial charge in [0, 0.05) is 26.6 Å². The molecule has 0 rings (SSSR count). The summed E-state index contributed by atoms with van der Waals surface area (Å²) in [6.45, 7) is 6.43. The summed E-state index contributed by atoms with van der Waals surface area (Å²) in [6, 6.07) is 0. The van der Waals surface area contributed by atoms with Crippen LogP contribution >= 0.6 is 12.2 Å². The maximum atomic E-state index is 11.6. The van der Waals surface area contributed by atoms with E-state index in [4.69, 9.17) is 27.4 Å². The quantitative estimate of drug-likeness (QED) is 0.472. The zero-order chi connectivity index (χ0) is 14.0. The van der Waals surface area contributed by atoms with Gasteiger partial charge in [-0.1, -0.05) is 26.1 Å². The van der Waals surface area contributed by atoms with Crippen molar-refractivity contribution in [3.05, 3.63) is 0 Å². The molecule has 0 spiro atoms. The molecule has 2 N–H and O–H groups in total. The third kappa shape index (κ3) is 10.4. The highest BCUT2D eigenvalue weighted by molar-refractivity contribution is 7.80. The number of hydrogen-bond donors (Lipinski definition) is 1. The molecule has 0 saturated carbocycles. The third-order valence-electron chi connectivity index (χ3n) is 2.17. The van der Waals surface area contributed by atoms with Gasteiger partial charge in [-0.2, -0.15) is 0 Å². The van der Waals surface area contributed by atoms with Crippen LogP contribution in [0.25, 0.3) is 0 Å². The van der Waals surface area contributed by atoms with Crippen LogP contribution in [0.4, 0.5) is 0 Å². The monoisotopic (exact) mass is 276 g/mol. The van der Waals surface area contributed by atoms with Crippen LogP contribution in [0.15, 0.2) is 0 Å². The molecule has 1 amide bonds. The lowest BCUT2D eigenvalue weighted by molar-refractivity contribution is -0.135. The minimum absolute atomic E-state index is 0.0683. The van der Waals surface area contributed by atoms with Crippen LogP contribution in [0.1, 0.15) is 20.3 Å². The highest BCUT2D eigenvalue weighted by Crippen LogP contribution is 1.93. The first-order chi connectivity index (χ1) is 8.43. The van der Waals surface area contributed by atoms with Gasteiger partial charge >= 0.3 is 0 Å². The Morgan fingerprint density at radius 1 is 1.33 bits per heavy atom. The Morgan fingerprint density at radius 3 is 2.50 bits per heavy atom. The van der Waals surface area contributed by atoms with E-state index in [2.05, 4.69) is 13.8 Å². The average molecular weight is 276 g/mol. The van der Waals surface area contributed by atoms with Gasteiger partial charge in [0.2, 0.25) is 5.91 Å². The average Bonchev–Trinajstić information content (AvgIpc) is 2.29. The summed E-state index contributed by atoms with van der Waals surface area (Å²) in [6.07, 6.45) is 0.537. The van der Waals surface area contributed by atoms with Gasteiger partial charge in [-0.15, -0.1) is 0 Å². The van der Waals surface area contributed by atoms with Crippen molar-refractivity contribution >= 4 is 23.1 Å². The van der Waals surface area contributed by atoms with Crippen molar-refractivity contribution in [3.63, 3.8) is 0 Å². The molecule has 0 fully saturated rings. The normalized spacial score (nSPS) is 10.7. The first kappa shape index (κ1) is 17.3. The number of nitrogens with two attached hydrogens (primary N) is 1. The van der Waals surface area contributed by atoms with E-state index in [-0.39, 0.29) is 12.5 Å². The Bertz CT molecular complexity index is 260. The molecule has 18 heavy (non-hydrogen) atoms. The van der Waals surface area contributed by atoms with E-state index < -0.39 is 0 Å². The molecule has 0 aromatic heterocycles. The molecule has 0 aliphatic carbocycles. The molecular weight excluding hydrogens is 252 g/mol. The predicted molar refractivity (Wildman–Crippen MR) is 75.5 cm³/mol. The molecule has 0 aromatic carbocycles.